The topological polar surface area (TPSA) is 87.2 Å². The fourth-order valence-corrected chi connectivity index (χ4v) is 7.58. The maximum atomic E-state index is 14.3. The van der Waals surface area contributed by atoms with Gasteiger partial charge < -0.3 is 29.7 Å². The molecule has 210 valence electrons. The van der Waals surface area contributed by atoms with Crippen molar-refractivity contribution >= 4 is 11.7 Å². The van der Waals surface area contributed by atoms with Gasteiger partial charge in [0.2, 0.25) is 5.91 Å². The van der Waals surface area contributed by atoms with Gasteiger partial charge in [0.1, 0.15) is 11.5 Å². The lowest BCUT2D eigenvalue weighted by Crippen LogP contribution is -2.63. The minimum Gasteiger partial charge on any atom is -0.389 e. The van der Waals surface area contributed by atoms with Gasteiger partial charge in [-0.05, 0) is 63.5 Å². The summed E-state index contributed by atoms with van der Waals surface area (Å²) < 4.78 is 58.2. The lowest BCUT2D eigenvalue weighted by Gasteiger charge is -2.52. The number of carbonyl (C=O) groups is 1. The number of rotatable bonds is 6. The van der Waals surface area contributed by atoms with Crippen LogP contribution in [0.3, 0.4) is 0 Å². The van der Waals surface area contributed by atoms with E-state index in [-0.39, 0.29) is 43.3 Å². The minimum atomic E-state index is -4.51. The number of nitrogens with zero attached hydrogens (tertiary/aromatic N) is 3. The summed E-state index contributed by atoms with van der Waals surface area (Å²) in [5, 5.41) is 15.4. The SMILES string of the molecule is [2H]CO[C@@H]1COCC[C@@H]1N[C@@H]1CC[C@@](C(=O)N2C[C@@H]3C[C@H]2CN3c2cccc(C(F)(F)F)n2)(C2(O)CCC2)C1. The van der Waals surface area contributed by atoms with E-state index in [1.54, 1.807) is 6.07 Å². The van der Waals surface area contributed by atoms with Crippen molar-refractivity contribution in [3.05, 3.63) is 23.9 Å². The van der Waals surface area contributed by atoms with Gasteiger partial charge in [0.25, 0.3) is 0 Å². The highest BCUT2D eigenvalue weighted by atomic mass is 19.4. The number of alkyl halides is 3. The minimum absolute atomic E-state index is 0.0101. The first-order valence-corrected chi connectivity index (χ1v) is 13.7. The van der Waals surface area contributed by atoms with E-state index in [1.165, 1.54) is 6.07 Å². The third kappa shape index (κ3) is 4.30. The molecule has 0 spiro atoms. The Labute approximate surface area is 222 Å². The number of aromatic nitrogens is 1. The first-order valence-electron chi connectivity index (χ1n) is 14.4. The van der Waals surface area contributed by atoms with Crippen LogP contribution in [0.5, 0.6) is 0 Å². The van der Waals surface area contributed by atoms with Crippen LogP contribution in [0.1, 0.15) is 58.4 Å². The number of aliphatic hydroxyl groups is 1. The molecule has 3 aliphatic heterocycles. The lowest BCUT2D eigenvalue weighted by molar-refractivity contribution is -0.178. The molecule has 3 saturated heterocycles. The molecule has 1 aromatic heterocycles. The van der Waals surface area contributed by atoms with Gasteiger partial charge in [-0.15, -0.1) is 0 Å². The molecular formula is C27H37F3N4O4. The zero-order valence-corrected chi connectivity index (χ0v) is 21.5. The van der Waals surface area contributed by atoms with Crippen LogP contribution >= 0.6 is 0 Å². The maximum absolute atomic E-state index is 14.3. The highest BCUT2D eigenvalue weighted by Crippen LogP contribution is 2.57. The number of anilines is 1. The number of pyridine rings is 1. The van der Waals surface area contributed by atoms with E-state index in [9.17, 15) is 23.1 Å². The van der Waals surface area contributed by atoms with Crippen LogP contribution < -0.4 is 10.2 Å². The van der Waals surface area contributed by atoms with E-state index < -0.39 is 22.9 Å². The number of amides is 1. The molecule has 11 heteroatoms. The number of nitrogens with one attached hydrogen (secondary N) is 1. The van der Waals surface area contributed by atoms with Gasteiger partial charge in [-0.1, -0.05) is 6.07 Å². The van der Waals surface area contributed by atoms with Crippen LogP contribution in [0.2, 0.25) is 0 Å². The molecule has 6 atom stereocenters. The highest BCUT2D eigenvalue weighted by molar-refractivity contribution is 5.86. The Morgan fingerprint density at radius 1 is 1.26 bits per heavy atom. The van der Waals surface area contributed by atoms with Gasteiger partial charge >= 0.3 is 6.18 Å². The lowest BCUT2D eigenvalue weighted by atomic mass is 9.59. The van der Waals surface area contributed by atoms with Crippen molar-refractivity contribution in [3.8, 4) is 0 Å². The second-order valence-corrected chi connectivity index (χ2v) is 11.8. The Hall–Kier alpha value is -1.95. The molecular weight excluding hydrogens is 501 g/mol. The van der Waals surface area contributed by atoms with Crippen molar-refractivity contribution in [1.82, 2.24) is 15.2 Å². The predicted molar refractivity (Wildman–Crippen MR) is 133 cm³/mol. The summed E-state index contributed by atoms with van der Waals surface area (Å²) in [4.78, 5) is 22.0. The molecule has 5 fully saturated rings. The smallest absolute Gasteiger partial charge is 0.389 e. The van der Waals surface area contributed by atoms with Gasteiger partial charge in [0, 0.05) is 38.9 Å². The Morgan fingerprint density at radius 3 is 2.79 bits per heavy atom. The molecule has 8 nitrogen and oxygen atoms in total. The van der Waals surface area contributed by atoms with Crippen LogP contribution in [0.15, 0.2) is 18.2 Å². The van der Waals surface area contributed by atoms with E-state index in [0.29, 0.717) is 64.2 Å². The number of methoxy groups -OCH3 is 1. The average Bonchev–Trinajstić information content (AvgIpc) is 3.63. The van der Waals surface area contributed by atoms with Crippen molar-refractivity contribution in [3.63, 3.8) is 0 Å². The highest BCUT2D eigenvalue weighted by Gasteiger charge is 2.64. The molecule has 1 amide bonds. The molecule has 0 unspecified atom stereocenters. The van der Waals surface area contributed by atoms with Crippen molar-refractivity contribution in [2.75, 3.05) is 38.3 Å². The van der Waals surface area contributed by atoms with Crippen molar-refractivity contribution < 1.29 is 33.9 Å². The Balaban J connectivity index is 1.17. The van der Waals surface area contributed by atoms with Crippen molar-refractivity contribution in [2.45, 2.75) is 93.4 Å². The van der Waals surface area contributed by atoms with Gasteiger partial charge in [0.05, 0.1) is 37.2 Å². The third-order valence-corrected chi connectivity index (χ3v) is 9.78. The fraction of sp³-hybridized carbons (Fsp3) is 0.778. The number of hydrogen-bond donors (Lipinski definition) is 2. The maximum Gasteiger partial charge on any atom is 0.433 e. The van der Waals surface area contributed by atoms with Gasteiger partial charge in [-0.25, -0.2) is 4.98 Å². The second-order valence-electron chi connectivity index (χ2n) is 11.8. The zero-order chi connectivity index (χ0) is 27.4. The first kappa shape index (κ1) is 25.0. The van der Waals surface area contributed by atoms with Crippen molar-refractivity contribution in [1.29, 1.82) is 0 Å². The van der Waals surface area contributed by atoms with E-state index in [0.717, 1.165) is 25.3 Å². The molecule has 1 aromatic rings. The fourth-order valence-electron chi connectivity index (χ4n) is 7.58. The molecule has 38 heavy (non-hydrogen) atoms. The average molecular weight is 540 g/mol. The number of ether oxygens (including phenoxy) is 2. The zero-order valence-electron chi connectivity index (χ0n) is 22.5. The number of likely N-dealkylation sites (tertiary alicyclic amines) is 1. The molecule has 4 heterocycles. The van der Waals surface area contributed by atoms with E-state index >= 15 is 0 Å². The Kier molecular flexibility index (Phi) is 6.33. The third-order valence-electron chi connectivity index (χ3n) is 9.78. The quantitative estimate of drug-likeness (QED) is 0.575. The number of carbonyl (C=O) groups excluding carboxylic acids is 1. The van der Waals surface area contributed by atoms with Gasteiger partial charge in [0.15, 0.2) is 0 Å². The summed E-state index contributed by atoms with van der Waals surface area (Å²) in [7, 11) is -0.135. The van der Waals surface area contributed by atoms with E-state index in [1.807, 2.05) is 9.80 Å². The van der Waals surface area contributed by atoms with Gasteiger partial charge in [-0.2, -0.15) is 13.2 Å². The molecule has 6 rings (SSSR count). The number of fused-ring (bicyclic) bond motifs is 2. The Bertz CT molecular complexity index is 1070. The van der Waals surface area contributed by atoms with Crippen LogP contribution in [0, 0.1) is 5.41 Å². The molecule has 2 bridgehead atoms. The monoisotopic (exact) mass is 539 g/mol. The first-order chi connectivity index (χ1) is 18.6. The molecule has 2 saturated carbocycles. The molecule has 2 N–H and O–H groups in total. The molecule has 5 aliphatic rings. The summed E-state index contributed by atoms with van der Waals surface area (Å²) in [5.74, 6) is 0.284. The summed E-state index contributed by atoms with van der Waals surface area (Å²) >= 11 is 0. The van der Waals surface area contributed by atoms with Crippen LogP contribution in [0.4, 0.5) is 19.0 Å². The molecule has 0 radical (unpaired) electrons. The summed E-state index contributed by atoms with van der Waals surface area (Å²) in [6.07, 6.45) is 0.747. The molecule has 0 aromatic carbocycles. The second kappa shape index (κ2) is 9.60. The predicted octanol–water partition coefficient (Wildman–Crippen LogP) is 2.74. The largest absolute Gasteiger partial charge is 0.433 e. The number of hydrogen-bond acceptors (Lipinski definition) is 7. The van der Waals surface area contributed by atoms with Crippen LogP contribution in [-0.4, -0.2) is 90.2 Å². The van der Waals surface area contributed by atoms with Crippen molar-refractivity contribution in [2.24, 2.45) is 5.41 Å². The molecule has 2 aliphatic carbocycles. The summed E-state index contributed by atoms with van der Waals surface area (Å²) in [6, 6.07) is 3.83. The number of piperazine rings is 1. The normalized spacial score (nSPS) is 36.8. The van der Waals surface area contributed by atoms with E-state index in [2.05, 4.69) is 10.3 Å². The Morgan fingerprint density at radius 2 is 2.11 bits per heavy atom. The van der Waals surface area contributed by atoms with Crippen LogP contribution in [-0.2, 0) is 20.4 Å². The summed E-state index contributed by atoms with van der Waals surface area (Å²) in [6.45, 7) is 1.92. The van der Waals surface area contributed by atoms with E-state index in [4.69, 9.17) is 10.8 Å². The number of halogens is 3. The summed E-state index contributed by atoms with van der Waals surface area (Å²) in [5.41, 5.74) is -2.81. The van der Waals surface area contributed by atoms with Crippen LogP contribution in [0.25, 0.3) is 0 Å². The van der Waals surface area contributed by atoms with Gasteiger partial charge in [-0.3, -0.25) is 4.79 Å². The standard InChI is InChI=1S/C27H37F3N4O4/c1-37-21-16-38-11-7-20(21)31-17-6-10-25(13-17,26(36)8-3-9-26)24(35)34-15-18-12-19(34)14-33(18)23-5-2-4-22(32-23)27(28,29)30/h2,4-5,17-21,31,36H,3,6-16H2,1H3/t17-,18+,19+,20+,21-,25-/m1/s1/i1D.